The fraction of sp³-hybridized carbons (Fsp3) is 0.0588. The molecule has 12 rings (SSSR count). The van der Waals surface area contributed by atoms with Crippen molar-refractivity contribution in [3.63, 3.8) is 0 Å². The van der Waals surface area contributed by atoms with Crippen molar-refractivity contribution in [2.75, 3.05) is 0 Å². The minimum Gasteiger partial charge on any atom is -0.290 e. The summed E-state index contributed by atoms with van der Waals surface area (Å²) in [5.74, 6) is -1.29. The van der Waals surface area contributed by atoms with Crippen LogP contribution in [0.15, 0.2) is 156 Å². The summed E-state index contributed by atoms with van der Waals surface area (Å²) in [5.41, 5.74) is 7.13. The lowest BCUT2D eigenvalue weighted by atomic mass is 10.1. The third-order valence-electron chi connectivity index (χ3n) is 11.5. The minimum atomic E-state index is -0.430. The number of hydrogen-bond donors (Lipinski definition) is 3. The third kappa shape index (κ3) is 8.27. The number of nitrogens with one attached hydrogen (secondary N) is 3. The highest BCUT2D eigenvalue weighted by atomic mass is 79.9. The molecule has 18 heteroatoms. The maximum absolute atomic E-state index is 14.1. The Hall–Kier alpha value is -7.41. The van der Waals surface area contributed by atoms with Crippen molar-refractivity contribution in [3.05, 3.63) is 206 Å². The molecular formula is C51H33Br3F3N9O3. The van der Waals surface area contributed by atoms with E-state index in [-0.39, 0.29) is 33.2 Å². The fourth-order valence-electron chi connectivity index (χ4n) is 8.18. The van der Waals surface area contributed by atoms with E-state index < -0.39 is 17.5 Å². The second-order valence-corrected chi connectivity index (χ2v) is 19.0. The molecule has 0 aliphatic carbocycles. The number of aromatic amines is 3. The van der Waals surface area contributed by atoms with Crippen molar-refractivity contribution in [1.82, 2.24) is 44.3 Å². The zero-order chi connectivity index (χ0) is 48.4. The Morgan fingerprint density at radius 1 is 0.435 bits per heavy atom. The molecule has 6 aromatic heterocycles. The number of aryl methyl sites for hydroxylation is 3. The van der Waals surface area contributed by atoms with E-state index in [4.69, 9.17) is 0 Å². The third-order valence-corrected chi connectivity index (χ3v) is 12.9. The normalized spacial score (nSPS) is 11.4. The second-order valence-electron chi connectivity index (χ2n) is 16.2. The summed E-state index contributed by atoms with van der Waals surface area (Å²) in [6.07, 6.45) is 4.25. The smallest absolute Gasteiger partial charge is 0.280 e. The van der Waals surface area contributed by atoms with Gasteiger partial charge in [0.25, 0.3) is 16.7 Å². The van der Waals surface area contributed by atoms with Gasteiger partial charge in [-0.15, -0.1) is 0 Å². The van der Waals surface area contributed by atoms with E-state index in [2.05, 4.69) is 78.0 Å². The number of pyridine rings is 3. The van der Waals surface area contributed by atoms with Crippen LogP contribution >= 0.6 is 47.8 Å². The van der Waals surface area contributed by atoms with Crippen molar-refractivity contribution in [2.45, 2.75) is 20.8 Å². The van der Waals surface area contributed by atoms with Crippen LogP contribution in [0.4, 0.5) is 13.2 Å². The molecule has 0 unspecified atom stereocenters. The van der Waals surface area contributed by atoms with Gasteiger partial charge in [-0.1, -0.05) is 95.8 Å². The Morgan fingerprint density at radius 2 is 0.855 bits per heavy atom. The van der Waals surface area contributed by atoms with Gasteiger partial charge in [0.1, 0.15) is 16.6 Å². The number of aromatic nitrogens is 9. The Labute approximate surface area is 412 Å². The monoisotopic (exact) mass is 1110 g/mol. The fourth-order valence-corrected chi connectivity index (χ4v) is 9.47. The molecule has 0 aliphatic rings. The van der Waals surface area contributed by atoms with Gasteiger partial charge in [-0.3, -0.25) is 44.6 Å². The molecule has 6 aromatic carbocycles. The van der Waals surface area contributed by atoms with Gasteiger partial charge in [0.05, 0.1) is 49.8 Å². The summed E-state index contributed by atoms with van der Waals surface area (Å²) < 4.78 is 48.4. The molecule has 0 radical (unpaired) electrons. The number of nitrogens with zero attached hydrogens (tertiary/aromatic N) is 6. The number of halogens is 6. The summed E-state index contributed by atoms with van der Waals surface area (Å²) in [6, 6.07) is 32.1. The molecular weight excluding hydrogens is 1080 g/mol. The number of H-pyrrole nitrogens is 3. The van der Waals surface area contributed by atoms with E-state index >= 15 is 0 Å². The van der Waals surface area contributed by atoms with Crippen LogP contribution in [0.25, 0.3) is 82.5 Å². The van der Waals surface area contributed by atoms with Crippen LogP contribution in [0, 0.1) is 38.2 Å². The summed E-state index contributed by atoms with van der Waals surface area (Å²) in [6.45, 7) is 5.87. The van der Waals surface area contributed by atoms with Crippen LogP contribution in [0.1, 0.15) is 16.7 Å². The first-order valence-corrected chi connectivity index (χ1v) is 23.4. The molecule has 0 atom stereocenters. The zero-order valence-electron chi connectivity index (χ0n) is 36.3. The number of hydrogen-bond acceptors (Lipinski definition) is 6. The average Bonchev–Trinajstić information content (AvgIpc) is 3.97. The van der Waals surface area contributed by atoms with E-state index in [0.717, 1.165) is 33.8 Å². The number of para-hydroxylation sites is 1. The molecule has 6 heterocycles. The summed E-state index contributed by atoms with van der Waals surface area (Å²) in [4.78, 5) is 50.3. The molecule has 12 aromatic rings. The van der Waals surface area contributed by atoms with Crippen LogP contribution in [-0.4, -0.2) is 44.3 Å². The first-order chi connectivity index (χ1) is 33.1. The predicted octanol–water partition coefficient (Wildman–Crippen LogP) is 12.2. The van der Waals surface area contributed by atoms with E-state index in [0.29, 0.717) is 62.3 Å². The standard InChI is InChI=1S/3C17H11BrFN3O/c1-9-2-4-11(5-3-9)22-17(23)13-8-20-16-12(15(13)21-22)6-10(18)7-14(16)19;1-9-3-2-4-11(5-9)22-17(23)13-8-20-16-12(15(13)21-22)6-10(18)7-14(16)19;1-9-4-2-3-5-14(9)22-17(23)12-8-20-16-11(15(12)21-22)6-10(18)7-13(16)19/h3*2-8,21H,1H3. The van der Waals surface area contributed by atoms with Gasteiger partial charge in [0.2, 0.25) is 0 Å². The van der Waals surface area contributed by atoms with Crippen molar-refractivity contribution in [1.29, 1.82) is 0 Å². The Kier molecular flexibility index (Phi) is 11.8. The Morgan fingerprint density at radius 3 is 1.30 bits per heavy atom. The molecule has 0 aliphatic heterocycles. The van der Waals surface area contributed by atoms with Crippen molar-refractivity contribution in [3.8, 4) is 17.1 Å². The highest BCUT2D eigenvalue weighted by Gasteiger charge is 2.18. The maximum atomic E-state index is 14.1. The van der Waals surface area contributed by atoms with E-state index in [1.807, 2.05) is 93.6 Å². The van der Waals surface area contributed by atoms with E-state index in [1.54, 1.807) is 18.2 Å². The maximum Gasteiger partial charge on any atom is 0.280 e. The number of rotatable bonds is 3. The Bertz CT molecular complexity index is 4230. The minimum absolute atomic E-state index is 0.205. The summed E-state index contributed by atoms with van der Waals surface area (Å²) in [5, 5.41) is 12.2. The van der Waals surface area contributed by atoms with E-state index in [1.165, 1.54) is 50.8 Å². The van der Waals surface area contributed by atoms with Crippen LogP contribution in [0.3, 0.4) is 0 Å². The van der Waals surface area contributed by atoms with Gasteiger partial charge < -0.3 is 0 Å². The van der Waals surface area contributed by atoms with Gasteiger partial charge in [0.15, 0.2) is 17.5 Å². The molecule has 0 saturated carbocycles. The van der Waals surface area contributed by atoms with Crippen LogP contribution in [0.2, 0.25) is 0 Å². The lowest BCUT2D eigenvalue weighted by molar-refractivity contribution is 0.636. The number of benzene rings is 6. The first-order valence-electron chi connectivity index (χ1n) is 21.0. The molecule has 0 saturated heterocycles. The molecule has 342 valence electrons. The van der Waals surface area contributed by atoms with Crippen LogP contribution in [-0.2, 0) is 0 Å². The largest absolute Gasteiger partial charge is 0.290 e. The molecule has 0 amide bonds. The van der Waals surface area contributed by atoms with Crippen molar-refractivity contribution < 1.29 is 13.2 Å². The van der Waals surface area contributed by atoms with Crippen molar-refractivity contribution >= 4 is 113 Å². The number of fused-ring (bicyclic) bond motifs is 9. The van der Waals surface area contributed by atoms with Crippen LogP contribution in [0.5, 0.6) is 0 Å². The first kappa shape index (κ1) is 45.4. The highest BCUT2D eigenvalue weighted by molar-refractivity contribution is 9.11. The molecule has 69 heavy (non-hydrogen) atoms. The highest BCUT2D eigenvalue weighted by Crippen LogP contribution is 2.30. The molecule has 12 nitrogen and oxygen atoms in total. The van der Waals surface area contributed by atoms with Gasteiger partial charge in [0, 0.05) is 48.2 Å². The lowest BCUT2D eigenvalue weighted by Crippen LogP contribution is -2.15. The summed E-state index contributed by atoms with van der Waals surface area (Å²) >= 11 is 9.85. The van der Waals surface area contributed by atoms with Gasteiger partial charge >= 0.3 is 0 Å². The van der Waals surface area contributed by atoms with Crippen LogP contribution < -0.4 is 16.7 Å². The Balaban J connectivity index is 0.000000120. The van der Waals surface area contributed by atoms with Gasteiger partial charge in [-0.05, 0) is 98.6 Å². The summed E-state index contributed by atoms with van der Waals surface area (Å²) in [7, 11) is 0. The quantitative estimate of drug-likeness (QED) is 0.160. The zero-order valence-corrected chi connectivity index (χ0v) is 41.1. The molecule has 0 fully saturated rings. The molecule has 0 spiro atoms. The second kappa shape index (κ2) is 17.9. The SMILES string of the molecule is Cc1ccc(-n2[nH]c3c(cnc4c(F)cc(Br)cc43)c2=O)cc1.Cc1cccc(-n2[nH]c3c(cnc4c(F)cc(Br)cc43)c2=O)c1.Cc1ccccc1-n1[nH]c2c(cnc3c(F)cc(Br)cc32)c1=O. The predicted molar refractivity (Wildman–Crippen MR) is 275 cm³/mol. The van der Waals surface area contributed by atoms with E-state index in [9.17, 15) is 27.6 Å². The van der Waals surface area contributed by atoms with Gasteiger partial charge in [-0.25, -0.2) is 27.2 Å². The topological polar surface area (TPSA) is 152 Å². The van der Waals surface area contributed by atoms with Crippen molar-refractivity contribution in [2.24, 2.45) is 0 Å². The average molecular weight is 1120 g/mol. The lowest BCUT2D eigenvalue weighted by Gasteiger charge is -2.05. The molecule has 3 N–H and O–H groups in total. The molecule has 0 bridgehead atoms. The van der Waals surface area contributed by atoms with Gasteiger partial charge in [-0.2, -0.15) is 0 Å².